The second-order valence-electron chi connectivity index (χ2n) is 12.6. The quantitative estimate of drug-likeness (QED) is 0.184. The molecule has 6 heteroatoms. The van der Waals surface area contributed by atoms with Gasteiger partial charge in [0.05, 0.1) is 0 Å². The summed E-state index contributed by atoms with van der Waals surface area (Å²) < 4.78 is 4.73. The molecule has 0 fully saturated rings. The fourth-order valence-electron chi connectivity index (χ4n) is 7.30. The number of pyridine rings is 1. The zero-order chi connectivity index (χ0) is 33.0. The Morgan fingerprint density at radius 3 is 2.10 bits per heavy atom. The van der Waals surface area contributed by atoms with E-state index in [9.17, 15) is 0 Å². The Labute approximate surface area is 292 Å². The van der Waals surface area contributed by atoms with Crippen LogP contribution in [0.4, 0.5) is 0 Å². The van der Waals surface area contributed by atoms with E-state index in [1.54, 1.807) is 11.3 Å². The van der Waals surface area contributed by atoms with E-state index in [4.69, 9.17) is 19.9 Å². The molecule has 0 amide bonds. The van der Waals surface area contributed by atoms with Crippen LogP contribution in [-0.4, -0.2) is 24.5 Å². The number of thiophene rings is 1. The van der Waals surface area contributed by atoms with Gasteiger partial charge in [0.25, 0.3) is 0 Å². The summed E-state index contributed by atoms with van der Waals surface area (Å²) in [6, 6.07) is 46.5. The molecule has 5 aromatic carbocycles. The van der Waals surface area contributed by atoms with Crippen LogP contribution in [-0.2, 0) is 6.42 Å². The maximum absolute atomic E-state index is 5.21. The maximum atomic E-state index is 5.21. The third-order valence-corrected chi connectivity index (χ3v) is 10.8. The fraction of sp³-hybridized carbons (Fsp3) is 0.0455. The van der Waals surface area contributed by atoms with Crippen molar-refractivity contribution in [3.63, 3.8) is 0 Å². The molecule has 0 saturated heterocycles. The van der Waals surface area contributed by atoms with Gasteiger partial charge in [-0.25, -0.2) is 19.9 Å². The minimum absolute atomic E-state index is 0.652. The molecule has 0 unspecified atom stereocenters. The Morgan fingerprint density at radius 2 is 1.26 bits per heavy atom. The van der Waals surface area contributed by atoms with Crippen LogP contribution in [0.5, 0.6) is 0 Å². The molecular formula is C44H29N5S. The van der Waals surface area contributed by atoms with Gasteiger partial charge >= 0.3 is 0 Å². The second kappa shape index (κ2) is 11.7. The van der Waals surface area contributed by atoms with Crippen molar-refractivity contribution in [2.24, 2.45) is 0 Å². The lowest BCUT2D eigenvalue weighted by Gasteiger charge is -2.13. The van der Waals surface area contributed by atoms with Crippen molar-refractivity contribution in [3.05, 3.63) is 157 Å². The Bertz CT molecular complexity index is 2760. The minimum Gasteiger partial charge on any atom is -0.298 e. The van der Waals surface area contributed by atoms with Gasteiger partial charge in [0, 0.05) is 65.4 Å². The van der Waals surface area contributed by atoms with Crippen molar-refractivity contribution in [3.8, 4) is 51.0 Å². The largest absolute Gasteiger partial charge is 0.298 e. The molecule has 50 heavy (non-hydrogen) atoms. The van der Waals surface area contributed by atoms with E-state index in [0.717, 1.165) is 56.7 Å². The molecular weight excluding hydrogens is 631 g/mol. The summed E-state index contributed by atoms with van der Waals surface area (Å²) >= 11 is 1.79. The van der Waals surface area contributed by atoms with Crippen LogP contribution in [0.25, 0.3) is 88.3 Å². The standard InChI is InChI=1S/C44H29N5S/c1-3-13-28(14-4-1)31-17-7-8-19-35(31)42-46-41(29-15-5-2-6-16-29)47-43(48-42)37-21-11-20-34-33-25-24-30(27-39(33)50-40(34)37)49-38-23-10-9-18-32(38)36-22-12-26-45-44(36)49/h1-9,11-22,24-27H,10,23H2. The number of nitrogens with zero attached hydrogens (tertiary/aromatic N) is 5. The van der Waals surface area contributed by atoms with Crippen LogP contribution < -0.4 is 0 Å². The highest BCUT2D eigenvalue weighted by Crippen LogP contribution is 2.42. The first-order valence-corrected chi connectivity index (χ1v) is 17.7. The van der Waals surface area contributed by atoms with Crippen LogP contribution in [0, 0.1) is 0 Å². The topological polar surface area (TPSA) is 56.5 Å². The Morgan fingerprint density at radius 1 is 0.560 bits per heavy atom. The number of benzene rings is 5. The average molecular weight is 660 g/mol. The van der Waals surface area contributed by atoms with Crippen molar-refractivity contribution in [1.29, 1.82) is 0 Å². The van der Waals surface area contributed by atoms with Gasteiger partial charge in [-0.1, -0.05) is 115 Å². The molecule has 0 bridgehead atoms. The zero-order valence-electron chi connectivity index (χ0n) is 27.0. The number of hydrogen-bond acceptors (Lipinski definition) is 5. The smallest absolute Gasteiger partial charge is 0.165 e. The summed E-state index contributed by atoms with van der Waals surface area (Å²) in [5.41, 5.74) is 9.88. The van der Waals surface area contributed by atoms with Gasteiger partial charge in [0.1, 0.15) is 5.65 Å². The van der Waals surface area contributed by atoms with E-state index in [1.807, 2.05) is 36.5 Å². The second-order valence-corrected chi connectivity index (χ2v) is 13.6. The molecule has 9 aromatic rings. The number of rotatable bonds is 5. The lowest BCUT2D eigenvalue weighted by molar-refractivity contribution is 0.883. The normalized spacial score (nSPS) is 12.6. The first kappa shape index (κ1) is 28.7. The first-order chi connectivity index (χ1) is 24.8. The third kappa shape index (κ3) is 4.68. The molecule has 5 nitrogen and oxygen atoms in total. The van der Waals surface area contributed by atoms with Gasteiger partial charge in [0.15, 0.2) is 17.5 Å². The Balaban J connectivity index is 1.17. The SMILES string of the molecule is C1=Cc2c(n(-c3ccc4c(c3)sc3c(-c5nc(-c6ccccc6)nc(-c6ccccc6-c6ccccc6)n5)cccc34)c3ncccc23)CC1. The molecule has 1 aliphatic rings. The van der Waals surface area contributed by atoms with Gasteiger partial charge < -0.3 is 0 Å². The van der Waals surface area contributed by atoms with Crippen molar-refractivity contribution in [1.82, 2.24) is 24.5 Å². The van der Waals surface area contributed by atoms with Gasteiger partial charge in [0.2, 0.25) is 0 Å². The molecule has 4 heterocycles. The predicted molar refractivity (Wildman–Crippen MR) is 206 cm³/mol. The molecule has 0 atom stereocenters. The first-order valence-electron chi connectivity index (χ1n) is 16.9. The van der Waals surface area contributed by atoms with E-state index in [-0.39, 0.29) is 0 Å². The summed E-state index contributed by atoms with van der Waals surface area (Å²) in [6.07, 6.45) is 8.45. The monoisotopic (exact) mass is 659 g/mol. The van der Waals surface area contributed by atoms with Crippen LogP contribution in [0.1, 0.15) is 17.7 Å². The molecule has 0 radical (unpaired) electrons. The molecule has 0 saturated carbocycles. The van der Waals surface area contributed by atoms with Gasteiger partial charge in [-0.2, -0.15) is 0 Å². The van der Waals surface area contributed by atoms with Crippen LogP contribution in [0.3, 0.4) is 0 Å². The van der Waals surface area contributed by atoms with E-state index >= 15 is 0 Å². The van der Waals surface area contributed by atoms with E-state index in [2.05, 4.69) is 120 Å². The molecule has 0 aliphatic heterocycles. The molecule has 4 aromatic heterocycles. The fourth-order valence-corrected chi connectivity index (χ4v) is 8.55. The van der Waals surface area contributed by atoms with Crippen LogP contribution >= 0.6 is 11.3 Å². The Hall–Kier alpha value is -6.24. The van der Waals surface area contributed by atoms with Crippen molar-refractivity contribution >= 4 is 48.6 Å². The molecule has 0 N–H and O–H groups in total. The zero-order valence-corrected chi connectivity index (χ0v) is 27.8. The van der Waals surface area contributed by atoms with Crippen molar-refractivity contribution in [2.45, 2.75) is 12.8 Å². The summed E-state index contributed by atoms with van der Waals surface area (Å²) in [4.78, 5) is 20.3. The third-order valence-electron chi connectivity index (χ3n) is 9.60. The maximum Gasteiger partial charge on any atom is 0.165 e. The summed E-state index contributed by atoms with van der Waals surface area (Å²) in [7, 11) is 0. The van der Waals surface area contributed by atoms with Gasteiger partial charge in [-0.05, 0) is 54.3 Å². The Kier molecular flexibility index (Phi) is 6.74. The molecule has 236 valence electrons. The highest BCUT2D eigenvalue weighted by atomic mass is 32.1. The van der Waals surface area contributed by atoms with E-state index in [1.165, 1.54) is 32.1 Å². The summed E-state index contributed by atoms with van der Waals surface area (Å²) in [5, 5.41) is 3.62. The number of allylic oxidation sites excluding steroid dienone is 1. The van der Waals surface area contributed by atoms with Crippen molar-refractivity contribution < 1.29 is 0 Å². The molecule has 0 spiro atoms. The minimum atomic E-state index is 0.652. The number of hydrogen-bond donors (Lipinski definition) is 0. The van der Waals surface area contributed by atoms with E-state index in [0.29, 0.717) is 17.5 Å². The number of aromatic nitrogens is 5. The summed E-state index contributed by atoms with van der Waals surface area (Å²) in [5.74, 6) is 1.97. The average Bonchev–Trinajstić information content (AvgIpc) is 3.74. The van der Waals surface area contributed by atoms with Gasteiger partial charge in [-0.15, -0.1) is 11.3 Å². The molecule has 10 rings (SSSR count). The van der Waals surface area contributed by atoms with Gasteiger partial charge in [-0.3, -0.25) is 4.57 Å². The van der Waals surface area contributed by atoms with Crippen LogP contribution in [0.15, 0.2) is 146 Å². The highest BCUT2D eigenvalue weighted by molar-refractivity contribution is 7.26. The van der Waals surface area contributed by atoms with Crippen molar-refractivity contribution in [2.75, 3.05) is 0 Å². The summed E-state index contributed by atoms with van der Waals surface area (Å²) in [6.45, 7) is 0. The van der Waals surface area contributed by atoms with Crippen LogP contribution in [0.2, 0.25) is 0 Å². The lowest BCUT2D eigenvalue weighted by Crippen LogP contribution is -2.03. The highest BCUT2D eigenvalue weighted by Gasteiger charge is 2.21. The predicted octanol–water partition coefficient (Wildman–Crippen LogP) is 11.2. The number of fused-ring (bicyclic) bond motifs is 6. The lowest BCUT2D eigenvalue weighted by atomic mass is 9.99. The molecule has 1 aliphatic carbocycles. The van der Waals surface area contributed by atoms with E-state index < -0.39 is 0 Å².